The molecule has 1 aromatic heterocycles. The van der Waals surface area contributed by atoms with E-state index >= 15 is 0 Å². The van der Waals surface area contributed by atoms with Gasteiger partial charge in [0.1, 0.15) is 0 Å². The van der Waals surface area contributed by atoms with Crippen molar-refractivity contribution >= 4 is 18.0 Å². The van der Waals surface area contributed by atoms with E-state index in [4.69, 9.17) is 5.11 Å². The van der Waals surface area contributed by atoms with Gasteiger partial charge in [-0.05, 0) is 11.6 Å². The Morgan fingerprint density at radius 3 is 2.50 bits per heavy atom. The number of aliphatic carboxylic acids is 2. The lowest BCUT2D eigenvalue weighted by Gasteiger charge is -2.16. The highest BCUT2D eigenvalue weighted by Crippen LogP contribution is 2.21. The molecule has 2 aromatic rings. The van der Waals surface area contributed by atoms with Crippen molar-refractivity contribution in [2.75, 3.05) is 0 Å². The fourth-order valence-corrected chi connectivity index (χ4v) is 1.87. The van der Waals surface area contributed by atoms with Gasteiger partial charge >= 0.3 is 11.9 Å². The molecule has 1 heterocycles. The zero-order valence-corrected chi connectivity index (χ0v) is 10.4. The number of benzene rings is 1. The van der Waals surface area contributed by atoms with Crippen molar-refractivity contribution in [2.45, 2.75) is 6.04 Å². The summed E-state index contributed by atoms with van der Waals surface area (Å²) in [6.07, 6.45) is 5.04. The highest BCUT2D eigenvalue weighted by molar-refractivity contribution is 5.85. The maximum absolute atomic E-state index is 11.5. The smallest absolute Gasteiger partial charge is 0.331 e. The molecule has 0 amide bonds. The van der Waals surface area contributed by atoms with Crippen LogP contribution in [0.15, 0.2) is 48.9 Å². The van der Waals surface area contributed by atoms with Crippen molar-refractivity contribution in [3.8, 4) is 0 Å². The minimum absolute atomic E-state index is 0.406. The summed E-state index contributed by atoms with van der Waals surface area (Å²) in [4.78, 5) is 25.9. The minimum Gasteiger partial charge on any atom is -0.479 e. The van der Waals surface area contributed by atoms with Gasteiger partial charge < -0.3 is 14.8 Å². The van der Waals surface area contributed by atoms with Crippen molar-refractivity contribution in [2.24, 2.45) is 0 Å². The average Bonchev–Trinajstić information content (AvgIpc) is 2.85. The Bertz CT molecular complexity index is 646. The van der Waals surface area contributed by atoms with Gasteiger partial charge in [-0.2, -0.15) is 0 Å². The topological polar surface area (TPSA) is 92.4 Å². The first-order valence-corrected chi connectivity index (χ1v) is 5.80. The van der Waals surface area contributed by atoms with Gasteiger partial charge in [-0.25, -0.2) is 14.6 Å². The summed E-state index contributed by atoms with van der Waals surface area (Å²) >= 11 is 0. The SMILES string of the molecule is O=C(O)C=Cc1cncn1C(C(=O)O)c1ccccc1. The normalized spacial score (nSPS) is 12.4. The van der Waals surface area contributed by atoms with Crippen LogP contribution in [0.4, 0.5) is 0 Å². The molecule has 0 aliphatic heterocycles. The maximum atomic E-state index is 11.5. The molecule has 0 aliphatic rings. The maximum Gasteiger partial charge on any atom is 0.331 e. The molecule has 6 nitrogen and oxygen atoms in total. The van der Waals surface area contributed by atoms with Crippen molar-refractivity contribution in [3.05, 3.63) is 60.2 Å². The molecular formula is C14H12N2O4. The second-order valence-corrected chi connectivity index (χ2v) is 4.05. The Kier molecular flexibility index (Phi) is 3.95. The number of nitrogens with zero attached hydrogens (tertiary/aromatic N) is 2. The largest absolute Gasteiger partial charge is 0.479 e. The summed E-state index contributed by atoms with van der Waals surface area (Å²) in [7, 11) is 0. The van der Waals surface area contributed by atoms with Gasteiger partial charge in [-0.3, -0.25) is 0 Å². The third-order valence-electron chi connectivity index (χ3n) is 2.72. The summed E-state index contributed by atoms with van der Waals surface area (Å²) in [6, 6.07) is 7.73. The van der Waals surface area contributed by atoms with Crippen LogP contribution in [0.1, 0.15) is 17.3 Å². The monoisotopic (exact) mass is 272 g/mol. The van der Waals surface area contributed by atoms with Crippen molar-refractivity contribution < 1.29 is 19.8 Å². The van der Waals surface area contributed by atoms with E-state index in [0.717, 1.165) is 6.08 Å². The van der Waals surface area contributed by atoms with Crippen LogP contribution in [0.25, 0.3) is 6.08 Å². The first kappa shape index (κ1) is 13.5. The van der Waals surface area contributed by atoms with E-state index in [1.165, 1.54) is 23.2 Å². The molecule has 0 fully saturated rings. The fraction of sp³-hybridized carbons (Fsp3) is 0.0714. The number of hydrogen-bond donors (Lipinski definition) is 2. The summed E-state index contributed by atoms with van der Waals surface area (Å²) in [5, 5.41) is 18.0. The van der Waals surface area contributed by atoms with Crippen molar-refractivity contribution in [3.63, 3.8) is 0 Å². The van der Waals surface area contributed by atoms with Gasteiger partial charge in [0.15, 0.2) is 6.04 Å². The minimum atomic E-state index is -1.11. The van der Waals surface area contributed by atoms with Gasteiger partial charge in [-0.15, -0.1) is 0 Å². The quantitative estimate of drug-likeness (QED) is 0.807. The predicted molar refractivity (Wildman–Crippen MR) is 71.1 cm³/mol. The van der Waals surface area contributed by atoms with Crippen LogP contribution in [-0.4, -0.2) is 31.7 Å². The molecule has 0 bridgehead atoms. The first-order chi connectivity index (χ1) is 9.59. The molecule has 0 saturated heterocycles. The Balaban J connectivity index is 2.44. The van der Waals surface area contributed by atoms with Crippen LogP contribution in [0, 0.1) is 0 Å². The third-order valence-corrected chi connectivity index (χ3v) is 2.72. The number of carbonyl (C=O) groups is 2. The molecule has 2 rings (SSSR count). The van der Waals surface area contributed by atoms with E-state index in [0.29, 0.717) is 11.3 Å². The Morgan fingerprint density at radius 1 is 1.20 bits per heavy atom. The van der Waals surface area contributed by atoms with E-state index in [2.05, 4.69) is 4.98 Å². The van der Waals surface area contributed by atoms with Crippen molar-refractivity contribution in [1.82, 2.24) is 9.55 Å². The van der Waals surface area contributed by atoms with Crippen molar-refractivity contribution in [1.29, 1.82) is 0 Å². The molecule has 0 aliphatic carbocycles. The highest BCUT2D eigenvalue weighted by Gasteiger charge is 2.23. The second kappa shape index (κ2) is 5.83. The predicted octanol–water partition coefficient (Wildman–Crippen LogP) is 1.65. The molecular weight excluding hydrogens is 260 g/mol. The molecule has 0 radical (unpaired) electrons. The fourth-order valence-electron chi connectivity index (χ4n) is 1.87. The Hall–Kier alpha value is -2.89. The van der Waals surface area contributed by atoms with Gasteiger partial charge in [0, 0.05) is 6.08 Å². The second-order valence-electron chi connectivity index (χ2n) is 4.05. The Morgan fingerprint density at radius 2 is 1.90 bits per heavy atom. The van der Waals surface area contributed by atoms with Crippen LogP contribution in [-0.2, 0) is 9.59 Å². The van der Waals surface area contributed by atoms with E-state index < -0.39 is 18.0 Å². The molecule has 102 valence electrons. The number of imidazole rings is 1. The molecule has 6 heteroatoms. The van der Waals surface area contributed by atoms with E-state index in [9.17, 15) is 14.7 Å². The average molecular weight is 272 g/mol. The zero-order chi connectivity index (χ0) is 14.5. The molecule has 20 heavy (non-hydrogen) atoms. The lowest BCUT2D eigenvalue weighted by atomic mass is 10.1. The van der Waals surface area contributed by atoms with E-state index in [1.807, 2.05) is 0 Å². The van der Waals surface area contributed by atoms with Gasteiger partial charge in [0.05, 0.1) is 18.2 Å². The van der Waals surface area contributed by atoms with Crippen LogP contribution in [0.5, 0.6) is 0 Å². The third kappa shape index (κ3) is 2.92. The number of rotatable bonds is 5. The summed E-state index contributed by atoms with van der Waals surface area (Å²) < 4.78 is 1.41. The molecule has 0 spiro atoms. The summed E-state index contributed by atoms with van der Waals surface area (Å²) in [5.74, 6) is -2.15. The standard InChI is InChI=1S/C14H12N2O4/c17-12(18)7-6-11-8-15-9-16(11)13(14(19)20)10-4-2-1-3-5-10/h1-9,13H,(H,17,18)(H,19,20). The van der Waals surface area contributed by atoms with Crippen LogP contribution in [0.2, 0.25) is 0 Å². The first-order valence-electron chi connectivity index (χ1n) is 5.80. The molecule has 1 aromatic carbocycles. The number of carboxylic acids is 2. The Labute approximate surface area is 114 Å². The highest BCUT2D eigenvalue weighted by atomic mass is 16.4. The lowest BCUT2D eigenvalue weighted by molar-refractivity contribution is -0.139. The lowest BCUT2D eigenvalue weighted by Crippen LogP contribution is -2.20. The van der Waals surface area contributed by atoms with Crippen LogP contribution >= 0.6 is 0 Å². The number of hydrogen-bond acceptors (Lipinski definition) is 3. The molecule has 2 N–H and O–H groups in total. The summed E-state index contributed by atoms with van der Waals surface area (Å²) in [6.45, 7) is 0. The number of aromatic nitrogens is 2. The van der Waals surface area contributed by atoms with Crippen LogP contribution in [0.3, 0.4) is 0 Å². The van der Waals surface area contributed by atoms with E-state index in [1.54, 1.807) is 30.3 Å². The van der Waals surface area contributed by atoms with Gasteiger partial charge in [-0.1, -0.05) is 30.3 Å². The van der Waals surface area contributed by atoms with Crippen LogP contribution < -0.4 is 0 Å². The molecule has 1 atom stereocenters. The van der Waals surface area contributed by atoms with Gasteiger partial charge in [0.25, 0.3) is 0 Å². The number of carboxylic acid groups (broad SMARTS) is 2. The van der Waals surface area contributed by atoms with E-state index in [-0.39, 0.29) is 0 Å². The molecule has 1 unspecified atom stereocenters. The van der Waals surface area contributed by atoms with Gasteiger partial charge in [0.2, 0.25) is 0 Å². The zero-order valence-electron chi connectivity index (χ0n) is 10.4. The summed E-state index contributed by atoms with van der Waals surface area (Å²) in [5.41, 5.74) is 0.992. The molecule has 0 saturated carbocycles.